The SMILES string of the molecule is Cc1ccc(N2CCC3(CC2)CN(CCO)Cc2ccccc23)nn1. The summed E-state index contributed by atoms with van der Waals surface area (Å²) in [6.07, 6.45) is 2.23. The van der Waals surface area contributed by atoms with Gasteiger partial charge in [0.15, 0.2) is 5.82 Å². The Bertz CT molecular complexity index is 723. The average molecular weight is 338 g/mol. The van der Waals surface area contributed by atoms with E-state index in [0.717, 1.165) is 57.1 Å². The highest BCUT2D eigenvalue weighted by atomic mass is 16.3. The topological polar surface area (TPSA) is 52.5 Å². The summed E-state index contributed by atoms with van der Waals surface area (Å²) in [5, 5.41) is 18.0. The Morgan fingerprint density at radius 1 is 1.08 bits per heavy atom. The smallest absolute Gasteiger partial charge is 0.151 e. The summed E-state index contributed by atoms with van der Waals surface area (Å²) in [4.78, 5) is 4.76. The van der Waals surface area contributed by atoms with Crippen LogP contribution in [-0.4, -0.2) is 53.0 Å². The number of fused-ring (bicyclic) bond motifs is 2. The van der Waals surface area contributed by atoms with Crippen LogP contribution in [0.15, 0.2) is 36.4 Å². The Morgan fingerprint density at radius 2 is 1.88 bits per heavy atom. The third-order valence-corrected chi connectivity index (χ3v) is 5.75. The Balaban J connectivity index is 1.57. The molecule has 1 spiro atoms. The molecule has 1 aromatic carbocycles. The van der Waals surface area contributed by atoms with Crippen molar-refractivity contribution in [2.24, 2.45) is 0 Å². The second-order valence-corrected chi connectivity index (χ2v) is 7.39. The largest absolute Gasteiger partial charge is 0.395 e. The first-order chi connectivity index (χ1) is 12.2. The lowest BCUT2D eigenvalue weighted by Gasteiger charge is -2.49. The lowest BCUT2D eigenvalue weighted by atomic mass is 9.69. The van der Waals surface area contributed by atoms with Crippen LogP contribution >= 0.6 is 0 Å². The molecule has 132 valence electrons. The van der Waals surface area contributed by atoms with Crippen molar-refractivity contribution in [3.63, 3.8) is 0 Å². The normalized spacial score (nSPS) is 19.8. The van der Waals surface area contributed by atoms with Crippen LogP contribution in [0.1, 0.15) is 29.7 Å². The minimum Gasteiger partial charge on any atom is -0.395 e. The number of piperidine rings is 1. The maximum atomic E-state index is 9.40. The predicted molar refractivity (Wildman–Crippen MR) is 98.7 cm³/mol. The number of aryl methyl sites for hydroxylation is 1. The second kappa shape index (κ2) is 6.73. The van der Waals surface area contributed by atoms with E-state index >= 15 is 0 Å². The third kappa shape index (κ3) is 3.14. The lowest BCUT2D eigenvalue weighted by molar-refractivity contribution is 0.125. The van der Waals surface area contributed by atoms with Crippen molar-refractivity contribution in [1.29, 1.82) is 0 Å². The van der Waals surface area contributed by atoms with Crippen LogP contribution in [0.3, 0.4) is 0 Å². The monoisotopic (exact) mass is 338 g/mol. The number of nitrogens with zero attached hydrogens (tertiary/aromatic N) is 4. The van der Waals surface area contributed by atoms with Crippen LogP contribution in [0.2, 0.25) is 0 Å². The summed E-state index contributed by atoms with van der Waals surface area (Å²) in [5.74, 6) is 0.983. The van der Waals surface area contributed by atoms with Gasteiger partial charge in [-0.05, 0) is 43.0 Å². The van der Waals surface area contributed by atoms with Gasteiger partial charge >= 0.3 is 0 Å². The number of aliphatic hydroxyl groups is 1. The minimum atomic E-state index is 0.193. The van der Waals surface area contributed by atoms with Crippen LogP contribution < -0.4 is 4.90 Å². The van der Waals surface area contributed by atoms with Gasteiger partial charge in [0, 0.05) is 38.1 Å². The molecule has 0 radical (unpaired) electrons. The van der Waals surface area contributed by atoms with Gasteiger partial charge in [-0.25, -0.2) is 0 Å². The zero-order valence-corrected chi connectivity index (χ0v) is 14.9. The van der Waals surface area contributed by atoms with Gasteiger partial charge in [0.25, 0.3) is 0 Å². The molecule has 2 aromatic rings. The highest BCUT2D eigenvalue weighted by Gasteiger charge is 2.41. The van der Waals surface area contributed by atoms with E-state index in [-0.39, 0.29) is 12.0 Å². The van der Waals surface area contributed by atoms with Crippen molar-refractivity contribution in [3.8, 4) is 0 Å². The lowest BCUT2D eigenvalue weighted by Crippen LogP contribution is -2.52. The van der Waals surface area contributed by atoms with Crippen molar-refractivity contribution in [3.05, 3.63) is 53.2 Å². The van der Waals surface area contributed by atoms with Crippen LogP contribution in [0, 0.1) is 6.92 Å². The molecule has 0 atom stereocenters. The van der Waals surface area contributed by atoms with E-state index in [9.17, 15) is 5.11 Å². The molecule has 0 unspecified atom stereocenters. The standard InChI is InChI=1S/C20H26N4O/c1-16-6-7-19(22-21-16)24-10-8-20(9-11-24)15-23(12-13-25)14-17-4-2-3-5-18(17)20/h2-7,25H,8-15H2,1H3. The van der Waals surface area contributed by atoms with E-state index < -0.39 is 0 Å². The van der Waals surface area contributed by atoms with Gasteiger partial charge in [-0.3, -0.25) is 4.90 Å². The summed E-state index contributed by atoms with van der Waals surface area (Å²) in [7, 11) is 0. The summed E-state index contributed by atoms with van der Waals surface area (Å²) >= 11 is 0. The zero-order chi connectivity index (χ0) is 17.3. The van der Waals surface area contributed by atoms with Crippen LogP contribution in [0.5, 0.6) is 0 Å². The van der Waals surface area contributed by atoms with E-state index in [1.54, 1.807) is 0 Å². The van der Waals surface area contributed by atoms with Crippen molar-refractivity contribution in [2.45, 2.75) is 31.7 Å². The summed E-state index contributed by atoms with van der Waals surface area (Å²) in [6, 6.07) is 13.0. The Labute approximate surface area is 149 Å². The number of aromatic nitrogens is 2. The van der Waals surface area contributed by atoms with Crippen molar-refractivity contribution in [1.82, 2.24) is 15.1 Å². The highest BCUT2D eigenvalue weighted by Crippen LogP contribution is 2.42. The van der Waals surface area contributed by atoms with E-state index in [2.05, 4.69) is 50.3 Å². The molecule has 25 heavy (non-hydrogen) atoms. The fraction of sp³-hybridized carbons (Fsp3) is 0.500. The van der Waals surface area contributed by atoms with E-state index in [0.29, 0.717) is 0 Å². The van der Waals surface area contributed by atoms with Gasteiger partial charge in [-0.2, -0.15) is 5.10 Å². The van der Waals surface area contributed by atoms with E-state index in [4.69, 9.17) is 0 Å². The summed E-state index contributed by atoms with van der Waals surface area (Å²) in [6.45, 7) is 6.94. The first-order valence-corrected chi connectivity index (χ1v) is 9.17. The highest BCUT2D eigenvalue weighted by molar-refractivity contribution is 5.42. The maximum absolute atomic E-state index is 9.40. The molecule has 5 nitrogen and oxygen atoms in total. The molecular weight excluding hydrogens is 312 g/mol. The minimum absolute atomic E-state index is 0.193. The molecule has 5 heteroatoms. The van der Waals surface area contributed by atoms with Crippen molar-refractivity contribution >= 4 is 5.82 Å². The molecular formula is C20H26N4O. The van der Waals surface area contributed by atoms with Gasteiger partial charge in [0.05, 0.1) is 12.3 Å². The Hall–Kier alpha value is -1.98. The molecule has 0 amide bonds. The molecule has 4 rings (SSSR count). The summed E-state index contributed by atoms with van der Waals surface area (Å²) < 4.78 is 0. The van der Waals surface area contributed by atoms with Gasteiger partial charge in [-0.15, -0.1) is 5.10 Å². The van der Waals surface area contributed by atoms with Crippen molar-refractivity contribution < 1.29 is 5.11 Å². The van der Waals surface area contributed by atoms with Crippen LogP contribution in [0.25, 0.3) is 0 Å². The molecule has 1 saturated heterocycles. The third-order valence-electron chi connectivity index (χ3n) is 5.75. The first kappa shape index (κ1) is 16.5. The van der Waals surface area contributed by atoms with Crippen LogP contribution in [-0.2, 0) is 12.0 Å². The van der Waals surface area contributed by atoms with Gasteiger partial charge in [0.2, 0.25) is 0 Å². The maximum Gasteiger partial charge on any atom is 0.151 e. The Kier molecular flexibility index (Phi) is 4.44. The first-order valence-electron chi connectivity index (χ1n) is 9.17. The number of β-amino-alcohol motifs (C(OH)–C–C–N with tert-alkyl or cyclic N) is 1. The van der Waals surface area contributed by atoms with E-state index in [1.807, 2.05) is 13.0 Å². The number of aliphatic hydroxyl groups excluding tert-OH is 1. The molecule has 0 saturated carbocycles. The average Bonchev–Trinajstić information content (AvgIpc) is 2.64. The van der Waals surface area contributed by atoms with E-state index in [1.165, 1.54) is 11.1 Å². The zero-order valence-electron chi connectivity index (χ0n) is 14.9. The van der Waals surface area contributed by atoms with Crippen LogP contribution in [0.4, 0.5) is 5.82 Å². The number of hydrogen-bond acceptors (Lipinski definition) is 5. The van der Waals surface area contributed by atoms with Gasteiger partial charge in [-0.1, -0.05) is 24.3 Å². The fourth-order valence-electron chi connectivity index (χ4n) is 4.44. The molecule has 1 N–H and O–H groups in total. The second-order valence-electron chi connectivity index (χ2n) is 7.39. The molecule has 2 aliphatic heterocycles. The molecule has 1 aromatic heterocycles. The molecule has 2 aliphatic rings. The fourth-order valence-corrected chi connectivity index (χ4v) is 4.44. The molecule has 3 heterocycles. The number of anilines is 1. The number of benzene rings is 1. The van der Waals surface area contributed by atoms with Gasteiger partial charge in [0.1, 0.15) is 0 Å². The van der Waals surface area contributed by atoms with Crippen molar-refractivity contribution in [2.75, 3.05) is 37.7 Å². The number of rotatable bonds is 3. The molecule has 0 bridgehead atoms. The van der Waals surface area contributed by atoms with Gasteiger partial charge < -0.3 is 10.0 Å². The molecule has 1 fully saturated rings. The Morgan fingerprint density at radius 3 is 2.60 bits per heavy atom. The quantitative estimate of drug-likeness (QED) is 0.929. The number of hydrogen-bond donors (Lipinski definition) is 1. The molecule has 0 aliphatic carbocycles. The summed E-state index contributed by atoms with van der Waals surface area (Å²) in [5.41, 5.74) is 4.08. The predicted octanol–water partition coefficient (Wildman–Crippen LogP) is 2.13.